The average Bonchev–Trinajstić information content (AvgIpc) is 2.84. The van der Waals surface area contributed by atoms with Crippen molar-refractivity contribution < 1.29 is 0 Å². The summed E-state index contributed by atoms with van der Waals surface area (Å²) in [5.74, 6) is 5.16. The normalized spacial score (nSPS) is 24.0. The van der Waals surface area contributed by atoms with Gasteiger partial charge in [-0.25, -0.2) is 0 Å². The molecule has 0 N–H and O–H groups in total. The topological polar surface area (TPSA) is 0 Å². The largest absolute Gasteiger partial charge is 0.161 e. The lowest BCUT2D eigenvalue weighted by Gasteiger charge is -2.09. The van der Waals surface area contributed by atoms with Gasteiger partial charge >= 0.3 is 0 Å². The molecule has 0 radical (unpaired) electrons. The summed E-state index contributed by atoms with van der Waals surface area (Å²) in [6.45, 7) is 4.67. The smallest absolute Gasteiger partial charge is 0.0229 e. The van der Waals surface area contributed by atoms with Gasteiger partial charge in [0.2, 0.25) is 0 Å². The molecule has 1 rings (SSSR count). The second-order valence-corrected chi connectivity index (χ2v) is 6.15. The zero-order chi connectivity index (χ0) is 8.81. The quantitative estimate of drug-likeness (QED) is 0.580. The van der Waals surface area contributed by atoms with Gasteiger partial charge < -0.3 is 0 Å². The molecule has 0 aromatic carbocycles. The average molecular weight is 204 g/mol. The standard InChI is InChI=1S/C10H20S2/c1-3-4-5-9(2)6-11-7-10-8-12-10/h9-10H,3-8H2,1-2H3. The van der Waals surface area contributed by atoms with Crippen molar-refractivity contribution in [2.24, 2.45) is 5.92 Å². The van der Waals surface area contributed by atoms with Gasteiger partial charge in [0.1, 0.15) is 0 Å². The zero-order valence-electron chi connectivity index (χ0n) is 8.21. The fourth-order valence-electron chi connectivity index (χ4n) is 1.20. The van der Waals surface area contributed by atoms with E-state index in [0.29, 0.717) is 0 Å². The van der Waals surface area contributed by atoms with E-state index in [1.807, 2.05) is 0 Å². The van der Waals surface area contributed by atoms with Crippen LogP contribution >= 0.6 is 23.5 Å². The van der Waals surface area contributed by atoms with Crippen LogP contribution in [-0.4, -0.2) is 22.5 Å². The van der Waals surface area contributed by atoms with Crippen LogP contribution in [0.3, 0.4) is 0 Å². The maximum atomic E-state index is 2.39. The van der Waals surface area contributed by atoms with Crippen LogP contribution < -0.4 is 0 Å². The van der Waals surface area contributed by atoms with Gasteiger partial charge in [-0.1, -0.05) is 26.7 Å². The van der Waals surface area contributed by atoms with E-state index in [-0.39, 0.29) is 0 Å². The van der Waals surface area contributed by atoms with Crippen LogP contribution in [0, 0.1) is 5.92 Å². The minimum atomic E-state index is 0.943. The van der Waals surface area contributed by atoms with E-state index in [4.69, 9.17) is 0 Å². The van der Waals surface area contributed by atoms with E-state index in [1.54, 1.807) is 0 Å². The van der Waals surface area contributed by atoms with Gasteiger partial charge in [0.25, 0.3) is 0 Å². The first-order chi connectivity index (χ1) is 5.83. The lowest BCUT2D eigenvalue weighted by molar-refractivity contribution is 0.557. The number of hydrogen-bond donors (Lipinski definition) is 0. The van der Waals surface area contributed by atoms with Crippen molar-refractivity contribution in [3.8, 4) is 0 Å². The highest BCUT2D eigenvalue weighted by Gasteiger charge is 2.21. The number of unbranched alkanes of at least 4 members (excludes halogenated alkanes) is 1. The summed E-state index contributed by atoms with van der Waals surface area (Å²) >= 11 is 4.28. The van der Waals surface area contributed by atoms with E-state index >= 15 is 0 Å². The summed E-state index contributed by atoms with van der Waals surface area (Å²) in [4.78, 5) is 0. The van der Waals surface area contributed by atoms with Crippen LogP contribution in [0.25, 0.3) is 0 Å². The number of rotatable bonds is 7. The molecule has 72 valence electrons. The molecule has 0 bridgehead atoms. The summed E-state index contributed by atoms with van der Waals surface area (Å²) in [5.41, 5.74) is 0. The Morgan fingerprint density at radius 3 is 2.92 bits per heavy atom. The van der Waals surface area contributed by atoms with Crippen LogP contribution in [0.2, 0.25) is 0 Å². The van der Waals surface area contributed by atoms with Crippen molar-refractivity contribution in [3.05, 3.63) is 0 Å². The fraction of sp³-hybridized carbons (Fsp3) is 1.00. The molecule has 0 amide bonds. The molecule has 1 aliphatic heterocycles. The molecule has 0 aliphatic carbocycles. The number of hydrogen-bond acceptors (Lipinski definition) is 2. The SMILES string of the molecule is CCCCC(C)CSCC1CS1. The molecule has 2 unspecified atom stereocenters. The van der Waals surface area contributed by atoms with E-state index in [0.717, 1.165) is 11.2 Å². The molecule has 1 aliphatic rings. The lowest BCUT2D eigenvalue weighted by atomic mass is 10.1. The second kappa shape index (κ2) is 6.20. The molecular formula is C10H20S2. The Kier molecular flexibility index (Phi) is 5.57. The van der Waals surface area contributed by atoms with E-state index in [2.05, 4.69) is 37.4 Å². The van der Waals surface area contributed by atoms with Crippen molar-refractivity contribution in [2.45, 2.75) is 38.4 Å². The third-order valence-corrected chi connectivity index (χ3v) is 4.78. The molecule has 1 saturated heterocycles. The van der Waals surface area contributed by atoms with Crippen molar-refractivity contribution in [1.82, 2.24) is 0 Å². The molecule has 2 heteroatoms. The lowest BCUT2D eigenvalue weighted by Crippen LogP contribution is -2.00. The first-order valence-electron chi connectivity index (χ1n) is 5.02. The van der Waals surface area contributed by atoms with Crippen LogP contribution in [0.5, 0.6) is 0 Å². The maximum absolute atomic E-state index is 2.39. The summed E-state index contributed by atoms with van der Waals surface area (Å²) in [7, 11) is 0. The summed E-state index contributed by atoms with van der Waals surface area (Å²) in [5, 5.41) is 1.02. The summed E-state index contributed by atoms with van der Waals surface area (Å²) in [6, 6.07) is 0. The van der Waals surface area contributed by atoms with Crippen LogP contribution in [-0.2, 0) is 0 Å². The fourth-order valence-corrected chi connectivity index (χ4v) is 3.36. The van der Waals surface area contributed by atoms with Gasteiger partial charge in [0.15, 0.2) is 0 Å². The molecule has 12 heavy (non-hydrogen) atoms. The zero-order valence-corrected chi connectivity index (χ0v) is 9.85. The van der Waals surface area contributed by atoms with Gasteiger partial charge in [-0.05, 0) is 18.1 Å². The molecule has 1 heterocycles. The highest BCUT2D eigenvalue weighted by atomic mass is 32.2. The van der Waals surface area contributed by atoms with Gasteiger partial charge in [-0.2, -0.15) is 23.5 Å². The van der Waals surface area contributed by atoms with Crippen molar-refractivity contribution in [2.75, 3.05) is 17.3 Å². The Balaban J connectivity index is 1.83. The molecule has 0 aromatic heterocycles. The van der Waals surface area contributed by atoms with E-state index in [1.165, 1.54) is 36.5 Å². The Hall–Kier alpha value is 0.700. The minimum absolute atomic E-state index is 0.943. The van der Waals surface area contributed by atoms with Gasteiger partial charge in [0.05, 0.1) is 0 Å². The number of thioether (sulfide) groups is 2. The van der Waals surface area contributed by atoms with E-state index in [9.17, 15) is 0 Å². The molecule has 2 atom stereocenters. The third kappa shape index (κ3) is 5.36. The van der Waals surface area contributed by atoms with Gasteiger partial charge in [0, 0.05) is 16.8 Å². The van der Waals surface area contributed by atoms with Crippen LogP contribution in [0.15, 0.2) is 0 Å². The first kappa shape index (κ1) is 10.8. The Labute approximate surface area is 85.3 Å². The Morgan fingerprint density at radius 2 is 2.33 bits per heavy atom. The van der Waals surface area contributed by atoms with Gasteiger partial charge in [-0.3, -0.25) is 0 Å². The van der Waals surface area contributed by atoms with Gasteiger partial charge in [-0.15, -0.1) is 0 Å². The third-order valence-electron chi connectivity index (χ3n) is 2.16. The molecular weight excluding hydrogens is 184 g/mol. The molecule has 0 saturated carbocycles. The van der Waals surface area contributed by atoms with Crippen LogP contribution in [0.1, 0.15) is 33.1 Å². The molecule has 0 nitrogen and oxygen atoms in total. The monoisotopic (exact) mass is 204 g/mol. The summed E-state index contributed by atoms with van der Waals surface area (Å²) < 4.78 is 0. The predicted molar refractivity (Wildman–Crippen MR) is 62.3 cm³/mol. The highest BCUT2D eigenvalue weighted by Crippen LogP contribution is 2.33. The van der Waals surface area contributed by atoms with E-state index < -0.39 is 0 Å². The Bertz CT molecular complexity index is 110. The minimum Gasteiger partial charge on any atom is -0.161 e. The van der Waals surface area contributed by atoms with Crippen LogP contribution in [0.4, 0.5) is 0 Å². The maximum Gasteiger partial charge on any atom is 0.0229 e. The van der Waals surface area contributed by atoms with Crippen molar-refractivity contribution in [3.63, 3.8) is 0 Å². The second-order valence-electron chi connectivity index (χ2n) is 3.74. The molecule has 0 aromatic rings. The predicted octanol–water partition coefficient (Wildman–Crippen LogP) is 3.66. The highest BCUT2D eigenvalue weighted by molar-refractivity contribution is 8.08. The molecule has 1 fully saturated rings. The van der Waals surface area contributed by atoms with Crippen molar-refractivity contribution in [1.29, 1.82) is 0 Å². The first-order valence-corrected chi connectivity index (χ1v) is 7.22. The van der Waals surface area contributed by atoms with Crippen molar-refractivity contribution >= 4 is 23.5 Å². The Morgan fingerprint density at radius 1 is 1.58 bits per heavy atom. The summed E-state index contributed by atoms with van der Waals surface area (Å²) in [6.07, 6.45) is 4.20. The molecule has 0 spiro atoms.